The van der Waals surface area contributed by atoms with Gasteiger partial charge in [-0.1, -0.05) is 0 Å². The Bertz CT molecular complexity index is 1480. The molecule has 2 aliphatic rings. The first kappa shape index (κ1) is 23.1. The van der Waals surface area contributed by atoms with Gasteiger partial charge >= 0.3 is 0 Å². The second-order valence-corrected chi connectivity index (χ2v) is 9.20. The zero-order valence-electron chi connectivity index (χ0n) is 20.1. The number of aryl methyl sites for hydroxylation is 1. The Labute approximate surface area is 210 Å². The van der Waals surface area contributed by atoms with Crippen molar-refractivity contribution in [2.24, 2.45) is 0 Å². The maximum atomic E-state index is 14.2. The van der Waals surface area contributed by atoms with E-state index in [1.165, 1.54) is 16.6 Å². The summed E-state index contributed by atoms with van der Waals surface area (Å²) in [7, 11) is 0. The Morgan fingerprint density at radius 3 is 2.59 bits per heavy atom. The molecule has 1 amide bonds. The summed E-state index contributed by atoms with van der Waals surface area (Å²) < 4.78 is 34.4. The SMILES string of the molecule is Cc1ccc(-c2nc3nc(N4CCC[C@H]4C(=O)N4CCN(c5ccc(F)cc5F)CC4)nc(N)n3n2)o1. The number of aromatic nitrogens is 5. The smallest absolute Gasteiger partial charge is 0.259 e. The largest absolute Gasteiger partial charge is 0.458 e. The van der Waals surface area contributed by atoms with Gasteiger partial charge in [-0.3, -0.25) is 4.79 Å². The third-order valence-corrected chi connectivity index (χ3v) is 6.82. The van der Waals surface area contributed by atoms with Crippen LogP contribution in [0.25, 0.3) is 17.4 Å². The minimum atomic E-state index is -0.615. The van der Waals surface area contributed by atoms with Crippen LogP contribution < -0.4 is 15.5 Å². The van der Waals surface area contributed by atoms with Crippen molar-refractivity contribution in [1.82, 2.24) is 29.5 Å². The minimum absolute atomic E-state index is 0.0352. The second-order valence-electron chi connectivity index (χ2n) is 9.20. The highest BCUT2D eigenvalue weighted by Gasteiger charge is 2.37. The third kappa shape index (κ3) is 4.19. The van der Waals surface area contributed by atoms with Gasteiger partial charge in [0.1, 0.15) is 23.4 Å². The van der Waals surface area contributed by atoms with Gasteiger partial charge in [-0.2, -0.15) is 19.5 Å². The van der Waals surface area contributed by atoms with Crippen molar-refractivity contribution in [2.45, 2.75) is 25.8 Å². The fourth-order valence-electron chi connectivity index (χ4n) is 4.96. The van der Waals surface area contributed by atoms with E-state index < -0.39 is 17.7 Å². The Kier molecular flexibility index (Phi) is 5.61. The van der Waals surface area contributed by atoms with E-state index in [1.54, 1.807) is 11.0 Å². The van der Waals surface area contributed by atoms with Gasteiger partial charge in [0.05, 0.1) is 5.69 Å². The van der Waals surface area contributed by atoms with Crippen LogP contribution in [0.15, 0.2) is 34.7 Å². The molecule has 5 heterocycles. The molecule has 0 aliphatic carbocycles. The first-order valence-electron chi connectivity index (χ1n) is 12.1. The number of rotatable bonds is 4. The highest BCUT2D eigenvalue weighted by atomic mass is 19.1. The molecule has 0 radical (unpaired) electrons. The summed E-state index contributed by atoms with van der Waals surface area (Å²) in [6.07, 6.45) is 1.46. The maximum absolute atomic E-state index is 14.2. The van der Waals surface area contributed by atoms with Crippen molar-refractivity contribution in [3.63, 3.8) is 0 Å². The van der Waals surface area contributed by atoms with Crippen LogP contribution in [0.5, 0.6) is 0 Å². The Morgan fingerprint density at radius 2 is 1.86 bits per heavy atom. The number of halogens is 2. The molecule has 1 atom stereocenters. The highest BCUT2D eigenvalue weighted by molar-refractivity contribution is 5.85. The lowest BCUT2D eigenvalue weighted by molar-refractivity contribution is -0.132. The third-order valence-electron chi connectivity index (χ3n) is 6.82. The standard InChI is InChI=1S/C24H25F2N9O2/c1-14-4-7-19(37-14)20-28-24-30-23(29-22(27)35(24)31-20)34-8-2-3-18(34)21(36)33-11-9-32(10-12-33)17-6-5-15(25)13-16(17)26/h4-7,13,18H,2-3,8-12H2,1H3,(H2,27,28,29,30,31)/t18-/m0/s1. The normalized spacial score (nSPS) is 18.2. The lowest BCUT2D eigenvalue weighted by atomic mass is 10.1. The molecule has 192 valence electrons. The summed E-state index contributed by atoms with van der Waals surface area (Å²) in [6, 6.07) is 6.70. The number of fused-ring (bicyclic) bond motifs is 1. The van der Waals surface area contributed by atoms with Crippen molar-refractivity contribution < 1.29 is 18.0 Å². The summed E-state index contributed by atoms with van der Waals surface area (Å²) in [5.41, 5.74) is 6.51. The zero-order chi connectivity index (χ0) is 25.7. The summed E-state index contributed by atoms with van der Waals surface area (Å²) in [6.45, 7) is 4.19. The zero-order valence-corrected chi connectivity index (χ0v) is 20.1. The van der Waals surface area contributed by atoms with Crippen LogP contribution in [-0.2, 0) is 4.79 Å². The number of nitrogens with zero attached hydrogens (tertiary/aromatic N) is 8. The van der Waals surface area contributed by atoms with Crippen LogP contribution >= 0.6 is 0 Å². The van der Waals surface area contributed by atoms with E-state index in [0.717, 1.165) is 18.2 Å². The fourth-order valence-corrected chi connectivity index (χ4v) is 4.96. The van der Waals surface area contributed by atoms with Crippen LogP contribution in [0.2, 0.25) is 0 Å². The first-order chi connectivity index (χ1) is 17.9. The van der Waals surface area contributed by atoms with Gasteiger partial charge < -0.3 is 24.9 Å². The lowest BCUT2D eigenvalue weighted by Crippen LogP contribution is -2.54. The molecule has 2 saturated heterocycles. The number of nitrogen functional groups attached to an aromatic ring is 1. The number of carbonyl (C=O) groups is 1. The van der Waals surface area contributed by atoms with Crippen LogP contribution in [-0.4, -0.2) is 74.1 Å². The van der Waals surface area contributed by atoms with Crippen LogP contribution in [0.4, 0.5) is 26.4 Å². The Balaban J connectivity index is 1.19. The highest BCUT2D eigenvalue weighted by Crippen LogP contribution is 2.27. The van der Waals surface area contributed by atoms with Crippen molar-refractivity contribution in [2.75, 3.05) is 48.3 Å². The molecule has 0 saturated carbocycles. The molecule has 0 bridgehead atoms. The van der Waals surface area contributed by atoms with E-state index in [4.69, 9.17) is 10.2 Å². The molecule has 6 rings (SSSR count). The molecule has 1 aromatic carbocycles. The van der Waals surface area contributed by atoms with Crippen molar-refractivity contribution in [1.29, 1.82) is 0 Å². The number of furan rings is 1. The summed E-state index contributed by atoms with van der Waals surface area (Å²) in [4.78, 5) is 32.4. The predicted molar refractivity (Wildman–Crippen MR) is 131 cm³/mol. The molecule has 13 heteroatoms. The lowest BCUT2D eigenvalue weighted by Gasteiger charge is -2.38. The number of amides is 1. The average molecular weight is 510 g/mol. The molecule has 4 aromatic rings. The van der Waals surface area contributed by atoms with E-state index in [0.29, 0.717) is 62.4 Å². The second kappa shape index (κ2) is 8.98. The fraction of sp³-hybridized carbons (Fsp3) is 0.375. The van der Waals surface area contributed by atoms with Gasteiger partial charge in [0.25, 0.3) is 5.78 Å². The number of hydrogen-bond acceptors (Lipinski definition) is 9. The van der Waals surface area contributed by atoms with Crippen LogP contribution in [0, 0.1) is 18.6 Å². The predicted octanol–water partition coefficient (Wildman–Crippen LogP) is 2.27. The van der Waals surface area contributed by atoms with E-state index in [2.05, 4.69) is 20.1 Å². The van der Waals surface area contributed by atoms with Gasteiger partial charge in [-0.25, -0.2) is 8.78 Å². The van der Waals surface area contributed by atoms with Gasteiger partial charge in [0, 0.05) is 38.8 Å². The molecule has 2 fully saturated rings. The number of hydrogen-bond donors (Lipinski definition) is 1. The molecular weight excluding hydrogens is 484 g/mol. The van der Waals surface area contributed by atoms with Gasteiger partial charge in [-0.05, 0) is 44.0 Å². The van der Waals surface area contributed by atoms with Crippen molar-refractivity contribution in [3.05, 3.63) is 47.7 Å². The quantitative estimate of drug-likeness (QED) is 0.441. The molecule has 2 aliphatic heterocycles. The van der Waals surface area contributed by atoms with E-state index >= 15 is 0 Å². The summed E-state index contributed by atoms with van der Waals surface area (Å²) in [5, 5.41) is 4.35. The number of carbonyl (C=O) groups excluding carboxylic acids is 1. The van der Waals surface area contributed by atoms with E-state index in [-0.39, 0.29) is 17.6 Å². The van der Waals surface area contributed by atoms with Gasteiger partial charge in [0.2, 0.25) is 23.6 Å². The van der Waals surface area contributed by atoms with Crippen LogP contribution in [0.3, 0.4) is 0 Å². The number of piperazine rings is 1. The molecular formula is C24H25F2N9O2. The maximum Gasteiger partial charge on any atom is 0.259 e. The molecule has 11 nitrogen and oxygen atoms in total. The van der Waals surface area contributed by atoms with Gasteiger partial charge in [0.15, 0.2) is 5.76 Å². The minimum Gasteiger partial charge on any atom is -0.458 e. The molecule has 0 unspecified atom stereocenters. The van der Waals surface area contributed by atoms with Crippen LogP contribution in [0.1, 0.15) is 18.6 Å². The number of anilines is 3. The van der Waals surface area contributed by atoms with Gasteiger partial charge in [-0.15, -0.1) is 5.10 Å². The van der Waals surface area contributed by atoms with E-state index in [9.17, 15) is 13.6 Å². The van der Waals surface area contributed by atoms with E-state index in [1.807, 2.05) is 22.8 Å². The Morgan fingerprint density at radius 1 is 1.05 bits per heavy atom. The molecule has 0 spiro atoms. The summed E-state index contributed by atoms with van der Waals surface area (Å²) in [5.74, 6) is 1.01. The first-order valence-corrected chi connectivity index (χ1v) is 12.1. The topological polar surface area (TPSA) is 122 Å². The van der Waals surface area contributed by atoms with Crippen molar-refractivity contribution >= 4 is 29.3 Å². The number of benzene rings is 1. The molecule has 2 N–H and O–H groups in total. The molecule has 3 aromatic heterocycles. The Hall–Kier alpha value is -4.29. The van der Waals surface area contributed by atoms with Crippen molar-refractivity contribution in [3.8, 4) is 11.6 Å². The molecule has 37 heavy (non-hydrogen) atoms. The monoisotopic (exact) mass is 509 g/mol. The average Bonchev–Trinajstić information content (AvgIpc) is 3.63. The summed E-state index contributed by atoms with van der Waals surface area (Å²) >= 11 is 0. The number of nitrogens with two attached hydrogens (primary N) is 1.